The lowest BCUT2D eigenvalue weighted by molar-refractivity contribution is 0.738. The van der Waals surface area contributed by atoms with E-state index in [0.29, 0.717) is 12.4 Å². The third-order valence-corrected chi connectivity index (χ3v) is 4.11. The minimum Gasteiger partial charge on any atom is -0.366 e. The largest absolute Gasteiger partial charge is 0.366 e. The SMILES string of the molecule is Cc1nc(-c2ccncc2)nc(NCc2cnn(C)c2C)c1C. The van der Waals surface area contributed by atoms with Crippen molar-refractivity contribution in [2.75, 3.05) is 5.32 Å². The topological polar surface area (TPSA) is 68.5 Å². The molecule has 0 aliphatic carbocycles. The van der Waals surface area contributed by atoms with E-state index in [-0.39, 0.29) is 0 Å². The maximum atomic E-state index is 4.68. The summed E-state index contributed by atoms with van der Waals surface area (Å²) >= 11 is 0. The lowest BCUT2D eigenvalue weighted by Gasteiger charge is -2.12. The van der Waals surface area contributed by atoms with E-state index in [9.17, 15) is 0 Å². The van der Waals surface area contributed by atoms with E-state index in [4.69, 9.17) is 0 Å². The summed E-state index contributed by atoms with van der Waals surface area (Å²) < 4.78 is 1.87. The van der Waals surface area contributed by atoms with Gasteiger partial charge >= 0.3 is 0 Å². The van der Waals surface area contributed by atoms with E-state index in [0.717, 1.165) is 33.9 Å². The van der Waals surface area contributed by atoms with Crippen LogP contribution in [0.2, 0.25) is 0 Å². The maximum absolute atomic E-state index is 4.68. The van der Waals surface area contributed by atoms with Crippen molar-refractivity contribution in [1.29, 1.82) is 0 Å². The zero-order valence-electron chi connectivity index (χ0n) is 13.8. The van der Waals surface area contributed by atoms with Crippen LogP contribution in [0.5, 0.6) is 0 Å². The van der Waals surface area contributed by atoms with Crippen molar-refractivity contribution in [3.63, 3.8) is 0 Å². The first kappa shape index (κ1) is 15.1. The van der Waals surface area contributed by atoms with E-state index >= 15 is 0 Å². The number of aryl methyl sites for hydroxylation is 2. The molecule has 0 fully saturated rings. The highest BCUT2D eigenvalue weighted by atomic mass is 15.3. The Morgan fingerprint density at radius 2 is 1.83 bits per heavy atom. The standard InChI is InChI=1S/C17H20N6/c1-11-12(2)21-17(14-5-7-18-8-6-14)22-16(11)19-9-15-10-20-23(4)13(15)3/h5-8,10H,9H2,1-4H3,(H,19,21,22). The molecule has 3 aromatic heterocycles. The van der Waals surface area contributed by atoms with Crippen LogP contribution in [-0.4, -0.2) is 24.7 Å². The van der Waals surface area contributed by atoms with Crippen LogP contribution in [0.15, 0.2) is 30.7 Å². The molecule has 6 heteroatoms. The van der Waals surface area contributed by atoms with Gasteiger partial charge in [-0.1, -0.05) is 0 Å². The Morgan fingerprint density at radius 1 is 1.09 bits per heavy atom. The summed E-state index contributed by atoms with van der Waals surface area (Å²) in [5.74, 6) is 1.56. The molecule has 3 heterocycles. The highest BCUT2D eigenvalue weighted by Gasteiger charge is 2.11. The molecular formula is C17H20N6. The number of nitrogens with zero attached hydrogens (tertiary/aromatic N) is 5. The van der Waals surface area contributed by atoms with Crippen LogP contribution in [0.3, 0.4) is 0 Å². The van der Waals surface area contributed by atoms with Crippen LogP contribution in [0.1, 0.15) is 22.5 Å². The lowest BCUT2D eigenvalue weighted by atomic mass is 10.2. The smallest absolute Gasteiger partial charge is 0.161 e. The van der Waals surface area contributed by atoms with Gasteiger partial charge in [-0.3, -0.25) is 9.67 Å². The molecule has 0 saturated heterocycles. The summed E-state index contributed by atoms with van der Waals surface area (Å²) in [6.45, 7) is 6.78. The highest BCUT2D eigenvalue weighted by Crippen LogP contribution is 2.22. The van der Waals surface area contributed by atoms with Crippen LogP contribution in [0.25, 0.3) is 11.4 Å². The number of pyridine rings is 1. The third kappa shape index (κ3) is 3.06. The quantitative estimate of drug-likeness (QED) is 0.802. The van der Waals surface area contributed by atoms with Crippen LogP contribution >= 0.6 is 0 Å². The number of hydrogen-bond donors (Lipinski definition) is 1. The van der Waals surface area contributed by atoms with Crippen LogP contribution in [0.4, 0.5) is 5.82 Å². The van der Waals surface area contributed by atoms with Crippen molar-refractivity contribution < 1.29 is 0 Å². The molecule has 6 nitrogen and oxygen atoms in total. The first-order valence-electron chi connectivity index (χ1n) is 7.53. The molecule has 3 aromatic rings. The van der Waals surface area contributed by atoms with Gasteiger partial charge in [-0.15, -0.1) is 0 Å². The summed E-state index contributed by atoms with van der Waals surface area (Å²) in [4.78, 5) is 13.3. The molecule has 0 amide bonds. The van der Waals surface area contributed by atoms with Crippen molar-refractivity contribution in [3.05, 3.63) is 53.2 Å². The molecule has 23 heavy (non-hydrogen) atoms. The summed E-state index contributed by atoms with van der Waals surface area (Å²) in [6.07, 6.45) is 5.38. The monoisotopic (exact) mass is 308 g/mol. The Morgan fingerprint density at radius 3 is 2.48 bits per heavy atom. The zero-order valence-corrected chi connectivity index (χ0v) is 13.8. The second kappa shape index (κ2) is 6.16. The molecule has 0 saturated carbocycles. The van der Waals surface area contributed by atoms with Crippen LogP contribution < -0.4 is 5.32 Å². The van der Waals surface area contributed by atoms with Crippen LogP contribution in [-0.2, 0) is 13.6 Å². The van der Waals surface area contributed by atoms with Gasteiger partial charge < -0.3 is 5.32 Å². The molecule has 0 aliphatic rings. The normalized spacial score (nSPS) is 10.8. The van der Waals surface area contributed by atoms with Gasteiger partial charge in [0.2, 0.25) is 0 Å². The highest BCUT2D eigenvalue weighted by molar-refractivity contribution is 5.59. The number of rotatable bonds is 4. The van der Waals surface area contributed by atoms with E-state index in [2.05, 4.69) is 32.3 Å². The first-order valence-corrected chi connectivity index (χ1v) is 7.53. The van der Waals surface area contributed by atoms with Gasteiger partial charge in [0.1, 0.15) is 5.82 Å². The predicted octanol–water partition coefficient (Wildman–Crippen LogP) is 2.81. The van der Waals surface area contributed by atoms with Crippen molar-refractivity contribution in [3.8, 4) is 11.4 Å². The van der Waals surface area contributed by atoms with Gasteiger partial charge in [0.15, 0.2) is 5.82 Å². The Balaban J connectivity index is 1.89. The first-order chi connectivity index (χ1) is 11.1. The number of anilines is 1. The van der Waals surface area contributed by atoms with Gasteiger partial charge in [0.25, 0.3) is 0 Å². The van der Waals surface area contributed by atoms with Crippen LogP contribution in [0, 0.1) is 20.8 Å². The average Bonchev–Trinajstić information content (AvgIpc) is 2.88. The molecular weight excluding hydrogens is 288 g/mol. The molecule has 3 rings (SSSR count). The van der Waals surface area contributed by atoms with Gasteiger partial charge in [-0.05, 0) is 32.9 Å². The van der Waals surface area contributed by atoms with Crippen molar-refractivity contribution in [2.24, 2.45) is 7.05 Å². The molecule has 0 spiro atoms. The summed E-state index contributed by atoms with van der Waals surface area (Å²) in [6, 6.07) is 3.83. The summed E-state index contributed by atoms with van der Waals surface area (Å²) in [7, 11) is 1.94. The van der Waals surface area contributed by atoms with Gasteiger partial charge in [-0.2, -0.15) is 5.10 Å². The van der Waals surface area contributed by atoms with Crippen molar-refractivity contribution in [1.82, 2.24) is 24.7 Å². The van der Waals surface area contributed by atoms with Gasteiger partial charge in [-0.25, -0.2) is 9.97 Å². The average molecular weight is 308 g/mol. The third-order valence-electron chi connectivity index (χ3n) is 4.11. The Bertz CT molecular complexity index is 823. The predicted molar refractivity (Wildman–Crippen MR) is 90.0 cm³/mol. The van der Waals surface area contributed by atoms with Crippen molar-refractivity contribution in [2.45, 2.75) is 27.3 Å². The molecule has 0 atom stereocenters. The molecule has 0 radical (unpaired) electrons. The second-order valence-electron chi connectivity index (χ2n) is 5.57. The van der Waals surface area contributed by atoms with Gasteiger partial charge in [0, 0.05) is 54.1 Å². The number of aromatic nitrogens is 5. The zero-order chi connectivity index (χ0) is 16.4. The van der Waals surface area contributed by atoms with E-state index in [1.165, 1.54) is 0 Å². The fourth-order valence-electron chi connectivity index (χ4n) is 2.33. The summed E-state index contributed by atoms with van der Waals surface area (Å²) in [5, 5.41) is 7.68. The number of hydrogen-bond acceptors (Lipinski definition) is 5. The van der Waals surface area contributed by atoms with Crippen molar-refractivity contribution >= 4 is 5.82 Å². The molecule has 118 valence electrons. The Labute approximate surface area is 135 Å². The molecule has 0 aromatic carbocycles. The molecule has 0 aliphatic heterocycles. The van der Waals surface area contributed by atoms with E-state index < -0.39 is 0 Å². The fourth-order valence-corrected chi connectivity index (χ4v) is 2.33. The van der Waals surface area contributed by atoms with E-state index in [1.807, 2.05) is 43.9 Å². The fraction of sp³-hybridized carbons (Fsp3) is 0.294. The number of nitrogens with one attached hydrogen (secondary N) is 1. The van der Waals surface area contributed by atoms with E-state index in [1.54, 1.807) is 12.4 Å². The molecule has 0 unspecified atom stereocenters. The Hall–Kier alpha value is -2.76. The van der Waals surface area contributed by atoms with Gasteiger partial charge in [0.05, 0.1) is 6.20 Å². The maximum Gasteiger partial charge on any atom is 0.161 e. The lowest BCUT2D eigenvalue weighted by Crippen LogP contribution is -2.07. The summed E-state index contributed by atoms with van der Waals surface area (Å²) in [5.41, 5.74) is 5.30. The minimum atomic E-state index is 0.687. The molecule has 1 N–H and O–H groups in total. The minimum absolute atomic E-state index is 0.687. The Kier molecular flexibility index (Phi) is 4.06. The molecule has 0 bridgehead atoms. The second-order valence-corrected chi connectivity index (χ2v) is 5.57.